The summed E-state index contributed by atoms with van der Waals surface area (Å²) in [5.41, 5.74) is 0.789. The van der Waals surface area contributed by atoms with Crippen LogP contribution in [0, 0.1) is 0 Å². The molecule has 1 atom stereocenters. The molecule has 1 rings (SSSR count). The Morgan fingerprint density at radius 3 is 2.38 bits per heavy atom. The molecule has 0 saturated heterocycles. The molecule has 0 fully saturated rings. The summed E-state index contributed by atoms with van der Waals surface area (Å²) < 4.78 is 5.11. The molecule has 1 aromatic rings. The van der Waals surface area contributed by atoms with E-state index in [2.05, 4.69) is 30.7 Å². The second-order valence-electron chi connectivity index (χ2n) is 6.12. The number of methoxy groups -OCH3 is 1. The lowest BCUT2D eigenvalue weighted by Gasteiger charge is -2.28. The summed E-state index contributed by atoms with van der Waals surface area (Å²) in [6, 6.07) is -0.0523. The van der Waals surface area contributed by atoms with Gasteiger partial charge in [-0.1, -0.05) is 20.8 Å². The van der Waals surface area contributed by atoms with Gasteiger partial charge in [0.05, 0.1) is 12.6 Å². The van der Waals surface area contributed by atoms with Gasteiger partial charge in [0, 0.05) is 37.0 Å². The van der Waals surface area contributed by atoms with Gasteiger partial charge in [0.25, 0.3) is 0 Å². The molecule has 1 amide bonds. The number of amides is 1. The first-order valence-corrected chi connectivity index (χ1v) is 7.48. The van der Waals surface area contributed by atoms with Crippen molar-refractivity contribution >= 4 is 17.5 Å². The molecule has 1 heterocycles. The fourth-order valence-corrected chi connectivity index (χ4v) is 2.07. The molecule has 6 heteroatoms. The summed E-state index contributed by atoms with van der Waals surface area (Å²) in [5.74, 6) is 0.613. The van der Waals surface area contributed by atoms with Crippen molar-refractivity contribution in [1.29, 1.82) is 0 Å². The second-order valence-corrected chi connectivity index (χ2v) is 6.39. The number of aromatic nitrogens is 2. The van der Waals surface area contributed by atoms with Gasteiger partial charge >= 0.3 is 0 Å². The van der Waals surface area contributed by atoms with E-state index in [-0.39, 0.29) is 23.2 Å². The molecule has 0 spiro atoms. The SMILES string of the molecule is COC[C@@H](C)N(Cc1cnc(C(C)(C)C)nc1)C(=O)CCl. The Morgan fingerprint density at radius 2 is 1.95 bits per heavy atom. The number of carbonyl (C=O) groups is 1. The monoisotopic (exact) mass is 313 g/mol. The minimum atomic E-state index is -0.124. The zero-order chi connectivity index (χ0) is 16.0. The standard InChI is InChI=1S/C15H24ClN3O2/c1-11(10-21-5)19(13(20)6-16)9-12-7-17-14(18-8-12)15(2,3)4/h7-8,11H,6,9-10H2,1-5H3/t11-/m1/s1. The maximum Gasteiger partial charge on any atom is 0.238 e. The maximum atomic E-state index is 12.0. The predicted molar refractivity (Wildman–Crippen MR) is 83.3 cm³/mol. The third-order valence-corrected chi connectivity index (χ3v) is 3.33. The summed E-state index contributed by atoms with van der Waals surface area (Å²) in [7, 11) is 1.61. The lowest BCUT2D eigenvalue weighted by atomic mass is 9.96. The second kappa shape index (κ2) is 7.71. The number of carbonyl (C=O) groups excluding carboxylic acids is 1. The molecular formula is C15H24ClN3O2. The van der Waals surface area contributed by atoms with Gasteiger partial charge in [0.1, 0.15) is 11.7 Å². The summed E-state index contributed by atoms with van der Waals surface area (Å²) >= 11 is 5.68. The van der Waals surface area contributed by atoms with Crippen LogP contribution in [0.15, 0.2) is 12.4 Å². The molecule has 0 unspecified atom stereocenters. The number of rotatable bonds is 6. The van der Waals surface area contributed by atoms with Crippen LogP contribution in [0.3, 0.4) is 0 Å². The molecule has 0 aromatic carbocycles. The number of alkyl halides is 1. The van der Waals surface area contributed by atoms with Gasteiger partial charge in [-0.15, -0.1) is 11.6 Å². The van der Waals surface area contributed by atoms with Crippen LogP contribution in [0.5, 0.6) is 0 Å². The Kier molecular flexibility index (Phi) is 6.55. The Morgan fingerprint density at radius 1 is 1.38 bits per heavy atom. The highest BCUT2D eigenvalue weighted by atomic mass is 35.5. The van der Waals surface area contributed by atoms with Crippen LogP contribution in [0.25, 0.3) is 0 Å². The molecular weight excluding hydrogens is 290 g/mol. The van der Waals surface area contributed by atoms with Crippen molar-refractivity contribution < 1.29 is 9.53 Å². The van der Waals surface area contributed by atoms with Crippen LogP contribution >= 0.6 is 11.6 Å². The smallest absolute Gasteiger partial charge is 0.238 e. The topological polar surface area (TPSA) is 55.3 Å². The van der Waals surface area contributed by atoms with Gasteiger partial charge in [-0.05, 0) is 6.92 Å². The molecule has 1 aromatic heterocycles. The van der Waals surface area contributed by atoms with E-state index in [4.69, 9.17) is 16.3 Å². The van der Waals surface area contributed by atoms with E-state index in [0.717, 1.165) is 11.4 Å². The third kappa shape index (κ3) is 5.25. The average Bonchev–Trinajstić information content (AvgIpc) is 2.43. The van der Waals surface area contributed by atoms with Crippen molar-refractivity contribution in [3.05, 3.63) is 23.8 Å². The van der Waals surface area contributed by atoms with E-state index in [9.17, 15) is 4.79 Å². The van der Waals surface area contributed by atoms with Crippen molar-refractivity contribution in [2.75, 3.05) is 19.6 Å². The Labute approximate surface area is 131 Å². The molecule has 0 aliphatic heterocycles. The Balaban J connectivity index is 2.86. The number of ether oxygens (including phenoxy) is 1. The minimum Gasteiger partial charge on any atom is -0.383 e. The maximum absolute atomic E-state index is 12.0. The minimum absolute atomic E-state index is 0.0466. The number of halogens is 1. The van der Waals surface area contributed by atoms with Crippen molar-refractivity contribution in [3.63, 3.8) is 0 Å². The zero-order valence-electron chi connectivity index (χ0n) is 13.4. The zero-order valence-corrected chi connectivity index (χ0v) is 14.1. The first-order valence-electron chi connectivity index (χ1n) is 6.95. The lowest BCUT2D eigenvalue weighted by molar-refractivity contribution is -0.132. The van der Waals surface area contributed by atoms with Crippen LogP contribution in [0.1, 0.15) is 39.1 Å². The molecule has 5 nitrogen and oxygen atoms in total. The van der Waals surface area contributed by atoms with E-state index in [0.29, 0.717) is 13.2 Å². The van der Waals surface area contributed by atoms with Crippen molar-refractivity contribution in [2.24, 2.45) is 0 Å². The van der Waals surface area contributed by atoms with E-state index >= 15 is 0 Å². The van der Waals surface area contributed by atoms with E-state index in [1.807, 2.05) is 6.92 Å². The third-order valence-electron chi connectivity index (χ3n) is 3.10. The van der Waals surface area contributed by atoms with Crippen molar-refractivity contribution in [3.8, 4) is 0 Å². The first kappa shape index (κ1) is 17.9. The van der Waals surface area contributed by atoms with E-state index in [1.54, 1.807) is 24.4 Å². The molecule has 0 saturated carbocycles. The summed E-state index contributed by atoms with van der Waals surface area (Å²) in [5, 5.41) is 0. The molecule has 0 aliphatic carbocycles. The van der Waals surface area contributed by atoms with Gasteiger partial charge in [-0.25, -0.2) is 9.97 Å². The number of nitrogens with zero attached hydrogens (tertiary/aromatic N) is 3. The molecule has 0 N–H and O–H groups in total. The van der Waals surface area contributed by atoms with Gasteiger partial charge in [-0.3, -0.25) is 4.79 Å². The first-order chi connectivity index (χ1) is 9.79. The van der Waals surface area contributed by atoms with Gasteiger partial charge in [0.15, 0.2) is 0 Å². The predicted octanol–water partition coefficient (Wildman–Crippen LogP) is 2.38. The van der Waals surface area contributed by atoms with Crippen molar-refractivity contribution in [1.82, 2.24) is 14.9 Å². The van der Waals surface area contributed by atoms with Gasteiger partial charge in [0.2, 0.25) is 5.91 Å². The van der Waals surface area contributed by atoms with Crippen molar-refractivity contribution in [2.45, 2.75) is 45.7 Å². The molecule has 0 radical (unpaired) electrons. The van der Waals surface area contributed by atoms with Crippen LogP contribution < -0.4 is 0 Å². The van der Waals surface area contributed by atoms with Crippen LogP contribution in [0.4, 0.5) is 0 Å². The summed E-state index contributed by atoms with van der Waals surface area (Å²) in [6.07, 6.45) is 3.53. The number of hydrogen-bond donors (Lipinski definition) is 0. The number of hydrogen-bond acceptors (Lipinski definition) is 4. The average molecular weight is 314 g/mol. The largest absolute Gasteiger partial charge is 0.383 e. The lowest BCUT2D eigenvalue weighted by Crippen LogP contribution is -2.41. The Bertz CT molecular complexity index is 457. The highest BCUT2D eigenvalue weighted by molar-refractivity contribution is 6.27. The molecule has 21 heavy (non-hydrogen) atoms. The summed E-state index contributed by atoms with van der Waals surface area (Å²) in [4.78, 5) is 22.4. The van der Waals surface area contributed by atoms with Crippen LogP contribution in [-0.4, -0.2) is 46.4 Å². The molecule has 0 aliphatic rings. The van der Waals surface area contributed by atoms with Gasteiger partial charge in [-0.2, -0.15) is 0 Å². The summed E-state index contributed by atoms with van der Waals surface area (Å²) in [6.45, 7) is 9.01. The quantitative estimate of drug-likeness (QED) is 0.757. The van der Waals surface area contributed by atoms with E-state index in [1.165, 1.54) is 0 Å². The Hall–Kier alpha value is -1.20. The van der Waals surface area contributed by atoms with E-state index < -0.39 is 0 Å². The van der Waals surface area contributed by atoms with Gasteiger partial charge < -0.3 is 9.64 Å². The highest BCUT2D eigenvalue weighted by Crippen LogP contribution is 2.18. The van der Waals surface area contributed by atoms with Crippen LogP contribution in [0.2, 0.25) is 0 Å². The molecule has 118 valence electrons. The fraction of sp³-hybridized carbons (Fsp3) is 0.667. The normalized spacial score (nSPS) is 13.0. The molecule has 0 bridgehead atoms. The van der Waals surface area contributed by atoms with Crippen LogP contribution in [-0.2, 0) is 21.5 Å². The fourth-order valence-electron chi connectivity index (χ4n) is 1.92. The highest BCUT2D eigenvalue weighted by Gasteiger charge is 2.21.